The summed E-state index contributed by atoms with van der Waals surface area (Å²) in [5.74, 6) is -0.608. The number of aryl methyl sites for hydroxylation is 1. The Kier molecular flexibility index (Phi) is 5.60. The van der Waals surface area contributed by atoms with Crippen LogP contribution in [0.2, 0.25) is 0 Å². The van der Waals surface area contributed by atoms with Gasteiger partial charge in [-0.2, -0.15) is 0 Å². The Balaban J connectivity index is 1.67. The molecule has 2 aromatic heterocycles. The van der Waals surface area contributed by atoms with Crippen LogP contribution in [-0.4, -0.2) is 27.9 Å². The van der Waals surface area contributed by atoms with Crippen molar-refractivity contribution in [1.82, 2.24) is 9.29 Å². The Hall–Kier alpha value is -2.73. The molecule has 2 aromatic carbocycles. The molecule has 0 saturated heterocycles. The maximum absolute atomic E-state index is 13.2. The molecule has 0 amide bonds. The molecule has 31 heavy (non-hydrogen) atoms. The van der Waals surface area contributed by atoms with Gasteiger partial charge in [0.15, 0.2) is 15.4 Å². The predicted molar refractivity (Wildman–Crippen MR) is 117 cm³/mol. The maximum atomic E-state index is 13.2. The second-order valence-electron chi connectivity index (χ2n) is 6.78. The van der Waals surface area contributed by atoms with Crippen molar-refractivity contribution in [3.8, 4) is 0 Å². The van der Waals surface area contributed by atoms with Crippen molar-refractivity contribution in [2.45, 2.75) is 14.4 Å². The van der Waals surface area contributed by atoms with Gasteiger partial charge in [-0.15, -0.1) is 11.3 Å². The molecule has 4 aromatic rings. The lowest BCUT2D eigenvalue weighted by Crippen LogP contribution is -2.31. The van der Waals surface area contributed by atoms with Crippen molar-refractivity contribution in [2.75, 3.05) is 6.54 Å². The van der Waals surface area contributed by atoms with Crippen LogP contribution in [0.4, 0.5) is 0 Å². The third-order valence-electron chi connectivity index (χ3n) is 4.85. The summed E-state index contributed by atoms with van der Waals surface area (Å²) >= 11 is 1.08. The van der Waals surface area contributed by atoms with Gasteiger partial charge in [0.1, 0.15) is 9.46 Å². The normalized spacial score (nSPS) is 13.5. The number of oxazole rings is 1. The highest BCUT2D eigenvalue weighted by molar-refractivity contribution is 7.93. The Morgan fingerprint density at radius 1 is 1.03 bits per heavy atom. The molecule has 0 saturated carbocycles. The lowest BCUT2D eigenvalue weighted by Gasteiger charge is -2.18. The molecule has 4 rings (SSSR count). The van der Waals surface area contributed by atoms with E-state index in [0.717, 1.165) is 11.3 Å². The summed E-state index contributed by atoms with van der Waals surface area (Å²) < 4.78 is 61.0. The summed E-state index contributed by atoms with van der Waals surface area (Å²) in [5.41, 5.74) is 1.05. The topological polar surface area (TPSA) is 115 Å². The van der Waals surface area contributed by atoms with Gasteiger partial charge in [-0.25, -0.2) is 26.4 Å². The number of thiophene rings is 1. The summed E-state index contributed by atoms with van der Waals surface area (Å²) in [6, 6.07) is 15.6. The first kappa shape index (κ1) is 21.5. The smallest absolute Gasteiger partial charge is 0.408 e. The van der Waals surface area contributed by atoms with Crippen molar-refractivity contribution >= 4 is 42.3 Å². The molecule has 0 aliphatic heterocycles. The fourth-order valence-corrected chi connectivity index (χ4v) is 7.22. The molecule has 11 heteroatoms. The number of benzene rings is 2. The van der Waals surface area contributed by atoms with Gasteiger partial charge in [-0.1, -0.05) is 36.4 Å². The summed E-state index contributed by atoms with van der Waals surface area (Å²) in [6.07, 6.45) is 0. The largest absolute Gasteiger partial charge is 0.419 e. The van der Waals surface area contributed by atoms with E-state index in [2.05, 4.69) is 4.72 Å². The Labute approximate surface area is 182 Å². The summed E-state index contributed by atoms with van der Waals surface area (Å²) in [6.45, 7) is -0.358. The lowest BCUT2D eigenvalue weighted by molar-refractivity contribution is 0.527. The van der Waals surface area contributed by atoms with Crippen LogP contribution in [0.5, 0.6) is 0 Å². The van der Waals surface area contributed by atoms with Gasteiger partial charge < -0.3 is 4.42 Å². The number of nitrogens with zero attached hydrogens (tertiary/aromatic N) is 1. The highest BCUT2D eigenvalue weighted by Crippen LogP contribution is 2.31. The van der Waals surface area contributed by atoms with Crippen molar-refractivity contribution in [3.63, 3.8) is 0 Å². The van der Waals surface area contributed by atoms with Crippen LogP contribution in [-0.2, 0) is 26.9 Å². The molecule has 162 valence electrons. The van der Waals surface area contributed by atoms with E-state index in [1.165, 1.54) is 35.9 Å². The lowest BCUT2D eigenvalue weighted by atomic mass is 10.1. The van der Waals surface area contributed by atoms with Crippen molar-refractivity contribution in [3.05, 3.63) is 82.2 Å². The fraction of sp³-hybridized carbons (Fsp3) is 0.150. The Morgan fingerprint density at radius 2 is 1.77 bits per heavy atom. The van der Waals surface area contributed by atoms with Gasteiger partial charge in [-0.05, 0) is 29.1 Å². The van der Waals surface area contributed by atoms with E-state index in [9.17, 15) is 21.6 Å². The van der Waals surface area contributed by atoms with Gasteiger partial charge in [0.2, 0.25) is 10.0 Å². The molecule has 0 bridgehead atoms. The van der Waals surface area contributed by atoms with Crippen LogP contribution in [0.3, 0.4) is 0 Å². The molecule has 0 spiro atoms. The zero-order chi connectivity index (χ0) is 22.2. The van der Waals surface area contributed by atoms with Crippen LogP contribution in [0.15, 0.2) is 84.4 Å². The molecule has 0 unspecified atom stereocenters. The van der Waals surface area contributed by atoms with Crippen molar-refractivity contribution in [2.24, 2.45) is 7.05 Å². The molecule has 0 aliphatic rings. The first-order valence-electron chi connectivity index (χ1n) is 9.12. The van der Waals surface area contributed by atoms with Gasteiger partial charge in [0.25, 0.3) is 0 Å². The highest BCUT2D eigenvalue weighted by atomic mass is 32.2. The maximum Gasteiger partial charge on any atom is 0.419 e. The number of hydrogen-bond donors (Lipinski definition) is 1. The fourth-order valence-electron chi connectivity index (χ4n) is 3.19. The number of nitrogens with one attached hydrogen (secondary N) is 1. The minimum atomic E-state index is -4.07. The van der Waals surface area contributed by atoms with E-state index in [4.69, 9.17) is 4.42 Å². The van der Waals surface area contributed by atoms with E-state index >= 15 is 0 Å². The Morgan fingerprint density at radius 3 is 2.45 bits per heavy atom. The van der Waals surface area contributed by atoms with Gasteiger partial charge in [0.05, 0.1) is 10.4 Å². The second kappa shape index (κ2) is 8.08. The SMILES string of the molecule is Cn1c(=O)oc2cc(S(=O)(=O)NC[C@@H](c3ccccc3)S(=O)(=O)c3cccs3)ccc21. The average molecular weight is 479 g/mol. The van der Waals surface area contributed by atoms with Crippen LogP contribution in [0.1, 0.15) is 10.8 Å². The molecule has 1 atom stereocenters. The molecular formula is C20H18N2O6S3. The number of sulfonamides is 1. The van der Waals surface area contributed by atoms with Gasteiger partial charge in [-0.3, -0.25) is 4.57 Å². The van der Waals surface area contributed by atoms with Gasteiger partial charge in [0, 0.05) is 19.7 Å². The molecule has 0 aliphatic carbocycles. The number of fused-ring (bicyclic) bond motifs is 1. The molecule has 0 radical (unpaired) electrons. The average Bonchev–Trinajstić information content (AvgIpc) is 3.38. The number of hydrogen-bond acceptors (Lipinski definition) is 7. The Bertz CT molecular complexity index is 1490. The van der Waals surface area contributed by atoms with Gasteiger partial charge >= 0.3 is 5.76 Å². The van der Waals surface area contributed by atoms with Crippen LogP contribution >= 0.6 is 11.3 Å². The molecule has 2 heterocycles. The molecular weight excluding hydrogens is 460 g/mol. The summed E-state index contributed by atoms with van der Waals surface area (Å²) in [4.78, 5) is 11.5. The first-order chi connectivity index (χ1) is 14.7. The van der Waals surface area contributed by atoms with E-state index < -0.39 is 30.9 Å². The predicted octanol–water partition coefficient (Wildman–Crippen LogP) is 2.69. The highest BCUT2D eigenvalue weighted by Gasteiger charge is 2.31. The van der Waals surface area contributed by atoms with E-state index in [0.29, 0.717) is 11.1 Å². The number of aromatic nitrogens is 1. The quantitative estimate of drug-likeness (QED) is 0.437. The van der Waals surface area contributed by atoms with Crippen LogP contribution < -0.4 is 10.5 Å². The monoisotopic (exact) mass is 478 g/mol. The minimum Gasteiger partial charge on any atom is -0.408 e. The zero-order valence-electron chi connectivity index (χ0n) is 16.3. The number of rotatable bonds is 7. The minimum absolute atomic E-state index is 0.126. The first-order valence-corrected chi connectivity index (χ1v) is 13.0. The van der Waals surface area contributed by atoms with Crippen LogP contribution in [0.25, 0.3) is 11.1 Å². The van der Waals surface area contributed by atoms with E-state index in [-0.39, 0.29) is 21.2 Å². The van der Waals surface area contributed by atoms with E-state index in [1.54, 1.807) is 41.8 Å². The van der Waals surface area contributed by atoms with Crippen molar-refractivity contribution < 1.29 is 21.3 Å². The van der Waals surface area contributed by atoms with E-state index in [1.807, 2.05) is 0 Å². The third-order valence-corrected chi connectivity index (χ3v) is 9.81. The molecule has 8 nitrogen and oxygen atoms in total. The number of sulfone groups is 1. The third kappa shape index (κ3) is 4.09. The van der Waals surface area contributed by atoms with Crippen LogP contribution in [0, 0.1) is 0 Å². The molecule has 1 N–H and O–H groups in total. The summed E-state index contributed by atoms with van der Waals surface area (Å²) in [7, 11) is -6.38. The second-order valence-corrected chi connectivity index (χ2v) is 11.9. The summed E-state index contributed by atoms with van der Waals surface area (Å²) in [5, 5.41) is 0.544. The van der Waals surface area contributed by atoms with Crippen molar-refractivity contribution in [1.29, 1.82) is 0 Å². The molecule has 0 fully saturated rings. The standard InChI is InChI=1S/C20H18N2O6S3/c1-22-16-10-9-15(12-17(16)28-20(22)23)31(26,27)21-13-18(14-6-3-2-4-7-14)30(24,25)19-8-5-11-29-19/h2-12,18,21H,13H2,1H3/t18-/m0/s1. The zero-order valence-corrected chi connectivity index (χ0v) is 18.7.